The molecule has 0 aromatic heterocycles. The van der Waals surface area contributed by atoms with E-state index in [1.54, 1.807) is 0 Å². The van der Waals surface area contributed by atoms with Crippen molar-refractivity contribution in [3.63, 3.8) is 0 Å². The molecule has 0 unspecified atom stereocenters. The Kier molecular flexibility index (Phi) is 31.7. The van der Waals surface area contributed by atoms with Crippen molar-refractivity contribution in [2.45, 2.75) is 0 Å². The first-order valence-electron chi connectivity index (χ1n) is 1.06. The van der Waals surface area contributed by atoms with Crippen LogP contribution in [-0.4, -0.2) is 67.8 Å². The summed E-state index contributed by atoms with van der Waals surface area (Å²) >= 11 is -2.00. The fourth-order valence-electron chi connectivity index (χ4n) is 0. The van der Waals surface area contributed by atoms with Gasteiger partial charge in [-0.15, -0.1) is 0 Å². The number of hydrogen-bond donors (Lipinski definition) is 2. The Bertz CT molecular complexity index is 80.4. The van der Waals surface area contributed by atoms with Crippen molar-refractivity contribution in [1.29, 1.82) is 0 Å². The van der Waals surface area contributed by atoms with Gasteiger partial charge >= 0.3 is 83.3 Å². The molecule has 0 aliphatic rings. The Morgan fingerprint density at radius 1 is 1.25 bits per heavy atom. The van der Waals surface area contributed by atoms with Gasteiger partial charge in [0.05, 0.1) is 0 Å². The summed E-state index contributed by atoms with van der Waals surface area (Å²) in [5.41, 5.74) is 0. The zero-order valence-electron chi connectivity index (χ0n) is 3.12. The third-order valence-corrected chi connectivity index (χ3v) is 0. The van der Waals surface area contributed by atoms with E-state index in [1.165, 1.54) is 0 Å². The minimum atomic E-state index is -2.00. The summed E-state index contributed by atoms with van der Waals surface area (Å²) in [5.74, 6) is 0. The van der Waals surface area contributed by atoms with Gasteiger partial charge in [0.15, 0.2) is 0 Å². The molecular formula is CH3KO5Ti. The van der Waals surface area contributed by atoms with Gasteiger partial charge in [0.2, 0.25) is 0 Å². The SMILES string of the molecule is O=C(O)O.[KH].[O]=[Ti]=[O]. The van der Waals surface area contributed by atoms with Crippen LogP contribution in [0.3, 0.4) is 0 Å². The van der Waals surface area contributed by atoms with E-state index in [0.29, 0.717) is 0 Å². The van der Waals surface area contributed by atoms with Crippen LogP contribution in [0.1, 0.15) is 0 Å². The van der Waals surface area contributed by atoms with Gasteiger partial charge in [-0.3, -0.25) is 0 Å². The van der Waals surface area contributed by atoms with Gasteiger partial charge in [-0.05, 0) is 0 Å². The molecule has 0 saturated heterocycles. The number of carbonyl (C=O) groups is 1. The Hall–Kier alpha value is 1.22. The van der Waals surface area contributed by atoms with Gasteiger partial charge in [-0.25, -0.2) is 4.79 Å². The second-order valence-corrected chi connectivity index (χ2v) is 0.626. The molecule has 0 heterocycles. The molecule has 0 rings (SSSR count). The first-order valence-corrected chi connectivity index (χ1v) is 2.33. The molecule has 0 aromatic carbocycles. The topological polar surface area (TPSA) is 91.7 Å². The summed E-state index contributed by atoms with van der Waals surface area (Å²) < 4.78 is 17.0. The summed E-state index contributed by atoms with van der Waals surface area (Å²) in [7, 11) is 0. The molecule has 42 valence electrons. The van der Waals surface area contributed by atoms with Gasteiger partial charge in [-0.1, -0.05) is 0 Å². The fourth-order valence-corrected chi connectivity index (χ4v) is 0. The van der Waals surface area contributed by atoms with Gasteiger partial charge < -0.3 is 10.2 Å². The number of carboxylic acid groups (broad SMARTS) is 2. The third-order valence-electron chi connectivity index (χ3n) is 0. The van der Waals surface area contributed by atoms with E-state index in [0.717, 1.165) is 0 Å². The van der Waals surface area contributed by atoms with Crippen LogP contribution in [-0.2, 0) is 25.7 Å². The molecule has 0 aliphatic carbocycles. The zero-order chi connectivity index (χ0) is 6.28. The first-order chi connectivity index (χ1) is 3.15. The van der Waals surface area contributed by atoms with Crippen LogP contribution in [0.25, 0.3) is 0 Å². The van der Waals surface area contributed by atoms with Crippen molar-refractivity contribution in [2.75, 3.05) is 0 Å². The fraction of sp³-hybridized carbons (Fsp3) is 0. The maximum absolute atomic E-state index is 8.56. The van der Waals surface area contributed by atoms with Crippen molar-refractivity contribution >= 4 is 57.5 Å². The summed E-state index contributed by atoms with van der Waals surface area (Å²) in [4.78, 5) is 8.56. The van der Waals surface area contributed by atoms with E-state index in [1.807, 2.05) is 0 Å². The van der Waals surface area contributed by atoms with Gasteiger partial charge in [0.1, 0.15) is 0 Å². The van der Waals surface area contributed by atoms with Crippen molar-refractivity contribution in [1.82, 2.24) is 0 Å². The quantitative estimate of drug-likeness (QED) is 0.485. The van der Waals surface area contributed by atoms with Crippen LogP contribution in [0.5, 0.6) is 0 Å². The van der Waals surface area contributed by atoms with E-state index < -0.39 is 25.2 Å². The molecule has 7 heteroatoms. The van der Waals surface area contributed by atoms with E-state index in [2.05, 4.69) is 0 Å². The van der Waals surface area contributed by atoms with Crippen molar-refractivity contribution in [3.8, 4) is 0 Å². The summed E-state index contributed by atoms with van der Waals surface area (Å²) in [6, 6.07) is 0. The summed E-state index contributed by atoms with van der Waals surface area (Å²) in [5, 5.41) is 13.9. The van der Waals surface area contributed by atoms with Crippen molar-refractivity contribution in [3.05, 3.63) is 0 Å². The average molecular weight is 182 g/mol. The van der Waals surface area contributed by atoms with Crippen LogP contribution in [0.4, 0.5) is 4.79 Å². The van der Waals surface area contributed by atoms with Crippen LogP contribution in [0, 0.1) is 0 Å². The molecule has 0 bridgehead atoms. The van der Waals surface area contributed by atoms with Gasteiger partial charge in [0.25, 0.3) is 0 Å². The molecule has 0 amide bonds. The predicted octanol–water partition coefficient (Wildman–Crippen LogP) is -0.666. The molecule has 0 saturated carbocycles. The summed E-state index contributed by atoms with van der Waals surface area (Å²) in [6.07, 6.45) is -1.83. The van der Waals surface area contributed by atoms with Crippen molar-refractivity contribution in [2.24, 2.45) is 0 Å². The number of rotatable bonds is 0. The maximum atomic E-state index is 8.56. The Balaban J connectivity index is -0.0000000575. The third kappa shape index (κ3) is 188. The molecule has 0 spiro atoms. The molecule has 5 nitrogen and oxygen atoms in total. The van der Waals surface area contributed by atoms with E-state index in [9.17, 15) is 0 Å². The van der Waals surface area contributed by atoms with Crippen LogP contribution in [0.15, 0.2) is 0 Å². The predicted molar refractivity (Wildman–Crippen MR) is 19.2 cm³/mol. The number of hydrogen-bond acceptors (Lipinski definition) is 3. The normalized spacial score (nSPS) is 4.00. The van der Waals surface area contributed by atoms with E-state index >= 15 is 0 Å². The molecule has 0 aromatic rings. The molecule has 0 fully saturated rings. The second-order valence-electron chi connectivity index (χ2n) is 0.366. The van der Waals surface area contributed by atoms with E-state index in [-0.39, 0.29) is 51.4 Å². The molecular weight excluding hydrogens is 179 g/mol. The van der Waals surface area contributed by atoms with Crippen molar-refractivity contribution < 1.29 is 40.7 Å². The molecule has 2 N–H and O–H groups in total. The van der Waals surface area contributed by atoms with E-state index in [4.69, 9.17) is 21.7 Å². The first kappa shape index (κ1) is 16.1. The zero-order valence-corrected chi connectivity index (χ0v) is 4.68. The Morgan fingerprint density at radius 2 is 1.25 bits per heavy atom. The average Bonchev–Trinajstić information content (AvgIpc) is 1.33. The minimum absolute atomic E-state index is 0. The second kappa shape index (κ2) is 15.7. The van der Waals surface area contributed by atoms with Crippen LogP contribution in [0.2, 0.25) is 0 Å². The molecule has 8 heavy (non-hydrogen) atoms. The molecule has 0 atom stereocenters. The molecule has 0 radical (unpaired) electrons. The standard InChI is InChI=1S/CH2O3.K.2O.Ti.H/c2-1(3)4;;;;;/h(H2,2,3,4);;;;;. The van der Waals surface area contributed by atoms with Gasteiger partial charge in [0, 0.05) is 0 Å². The van der Waals surface area contributed by atoms with Gasteiger partial charge in [-0.2, -0.15) is 0 Å². The Morgan fingerprint density at radius 3 is 1.25 bits per heavy atom. The Labute approximate surface area is 96.4 Å². The molecule has 0 aliphatic heterocycles. The van der Waals surface area contributed by atoms with Crippen LogP contribution < -0.4 is 0 Å². The monoisotopic (exact) mass is 182 g/mol. The summed E-state index contributed by atoms with van der Waals surface area (Å²) in [6.45, 7) is 0. The van der Waals surface area contributed by atoms with Crippen LogP contribution >= 0.6 is 0 Å².